The van der Waals surface area contributed by atoms with Gasteiger partial charge in [0.1, 0.15) is 17.3 Å². The van der Waals surface area contributed by atoms with Gasteiger partial charge in [0.2, 0.25) is 0 Å². The molecule has 0 amide bonds. The molecule has 0 fully saturated rings. The van der Waals surface area contributed by atoms with Gasteiger partial charge in [0.25, 0.3) is 0 Å². The van der Waals surface area contributed by atoms with Crippen LogP contribution in [0.5, 0.6) is 5.75 Å². The molecule has 0 aliphatic carbocycles. The van der Waals surface area contributed by atoms with E-state index in [1.54, 1.807) is 19.4 Å². The maximum Gasteiger partial charge on any atom is 0.128 e. The highest BCUT2D eigenvalue weighted by Gasteiger charge is 2.06. The molecule has 0 aliphatic heterocycles. The Balaban J connectivity index is 1.91. The van der Waals surface area contributed by atoms with Crippen LogP contribution in [0, 0.1) is 0 Å². The van der Waals surface area contributed by atoms with E-state index in [0.717, 1.165) is 22.4 Å². The van der Waals surface area contributed by atoms with Crippen LogP contribution in [0.2, 0.25) is 5.02 Å². The topological polar surface area (TPSA) is 47.3 Å². The molecule has 2 aromatic heterocycles. The summed E-state index contributed by atoms with van der Waals surface area (Å²) >= 11 is 6.27. The van der Waals surface area contributed by atoms with Gasteiger partial charge in [0, 0.05) is 11.5 Å². The van der Waals surface area contributed by atoms with Crippen molar-refractivity contribution >= 4 is 28.3 Å². The van der Waals surface area contributed by atoms with Crippen molar-refractivity contribution < 1.29 is 9.15 Å². The second kappa shape index (κ2) is 5.43. The van der Waals surface area contributed by atoms with Crippen LogP contribution in [-0.2, 0) is 6.54 Å². The average molecular weight is 289 g/mol. The third-order valence-electron chi connectivity index (χ3n) is 2.99. The number of nitrogens with zero attached hydrogens (tertiary/aromatic N) is 1. The first-order valence-corrected chi connectivity index (χ1v) is 6.54. The molecule has 1 aromatic carbocycles. The lowest BCUT2D eigenvalue weighted by Crippen LogP contribution is -2.00. The van der Waals surface area contributed by atoms with Crippen LogP contribution in [0.1, 0.15) is 5.76 Å². The number of furan rings is 1. The molecule has 0 atom stereocenters. The van der Waals surface area contributed by atoms with Crippen LogP contribution in [0.4, 0.5) is 5.82 Å². The number of hydrogen-bond donors (Lipinski definition) is 1. The zero-order valence-corrected chi connectivity index (χ0v) is 11.6. The van der Waals surface area contributed by atoms with E-state index in [1.807, 2.05) is 30.3 Å². The SMILES string of the molecule is COc1ccc2c(Cl)cc(NCc3ccco3)nc2c1. The molecule has 2 heterocycles. The van der Waals surface area contributed by atoms with E-state index < -0.39 is 0 Å². The minimum atomic E-state index is 0.561. The summed E-state index contributed by atoms with van der Waals surface area (Å²) in [6.45, 7) is 0.561. The lowest BCUT2D eigenvalue weighted by Gasteiger charge is -2.08. The molecule has 0 aliphatic rings. The second-order valence-electron chi connectivity index (χ2n) is 4.31. The Bertz CT molecular complexity index is 726. The average Bonchev–Trinajstić information content (AvgIpc) is 2.98. The minimum absolute atomic E-state index is 0.561. The first-order valence-electron chi connectivity index (χ1n) is 6.17. The summed E-state index contributed by atoms with van der Waals surface area (Å²) in [5.74, 6) is 2.30. The highest BCUT2D eigenvalue weighted by Crippen LogP contribution is 2.28. The van der Waals surface area contributed by atoms with Crippen molar-refractivity contribution in [1.82, 2.24) is 4.98 Å². The Labute approximate surface area is 121 Å². The number of nitrogens with one attached hydrogen (secondary N) is 1. The van der Waals surface area contributed by atoms with Gasteiger partial charge >= 0.3 is 0 Å². The monoisotopic (exact) mass is 288 g/mol. The Morgan fingerprint density at radius 3 is 2.95 bits per heavy atom. The lowest BCUT2D eigenvalue weighted by atomic mass is 10.2. The van der Waals surface area contributed by atoms with Crippen LogP contribution < -0.4 is 10.1 Å². The summed E-state index contributed by atoms with van der Waals surface area (Å²) in [6, 6.07) is 11.2. The van der Waals surface area contributed by atoms with Gasteiger partial charge in [-0.3, -0.25) is 0 Å². The van der Waals surface area contributed by atoms with Crippen LogP contribution in [0.25, 0.3) is 10.9 Å². The molecule has 1 N–H and O–H groups in total. The summed E-state index contributed by atoms with van der Waals surface area (Å²) in [4.78, 5) is 4.53. The van der Waals surface area contributed by atoms with Gasteiger partial charge in [-0.25, -0.2) is 4.98 Å². The number of aromatic nitrogens is 1. The largest absolute Gasteiger partial charge is 0.497 e. The van der Waals surface area contributed by atoms with Gasteiger partial charge in [0.05, 0.1) is 30.5 Å². The van der Waals surface area contributed by atoms with Crippen molar-refractivity contribution in [2.24, 2.45) is 0 Å². The molecule has 4 nitrogen and oxygen atoms in total. The molecule has 0 radical (unpaired) electrons. The molecule has 3 rings (SSSR count). The maximum atomic E-state index is 6.27. The molecule has 20 heavy (non-hydrogen) atoms. The Morgan fingerprint density at radius 1 is 1.30 bits per heavy atom. The van der Waals surface area contributed by atoms with E-state index in [4.69, 9.17) is 20.8 Å². The third-order valence-corrected chi connectivity index (χ3v) is 3.30. The van der Waals surface area contributed by atoms with Crippen molar-refractivity contribution in [3.05, 3.63) is 53.4 Å². The van der Waals surface area contributed by atoms with E-state index in [-0.39, 0.29) is 0 Å². The fourth-order valence-corrected chi connectivity index (χ4v) is 2.24. The number of methoxy groups -OCH3 is 1. The second-order valence-corrected chi connectivity index (χ2v) is 4.71. The van der Waals surface area contributed by atoms with Crippen molar-refractivity contribution in [1.29, 1.82) is 0 Å². The number of hydrogen-bond acceptors (Lipinski definition) is 4. The van der Waals surface area contributed by atoms with Gasteiger partial charge < -0.3 is 14.5 Å². The molecule has 0 saturated carbocycles. The number of rotatable bonds is 4. The molecule has 0 saturated heterocycles. The standard InChI is InChI=1S/C15H13ClN2O2/c1-19-10-4-5-12-13(16)8-15(18-14(12)7-10)17-9-11-3-2-6-20-11/h2-8H,9H2,1H3,(H,17,18). The predicted octanol–water partition coefficient (Wildman–Crippen LogP) is 4.10. The predicted molar refractivity (Wildman–Crippen MR) is 79.3 cm³/mol. The molecule has 0 unspecified atom stereocenters. The summed E-state index contributed by atoms with van der Waals surface area (Å²) in [7, 11) is 1.63. The first kappa shape index (κ1) is 12.8. The molecule has 0 bridgehead atoms. The molecular formula is C15H13ClN2O2. The van der Waals surface area contributed by atoms with Crippen molar-refractivity contribution in [3.8, 4) is 5.75 Å². The zero-order valence-electron chi connectivity index (χ0n) is 10.9. The Kier molecular flexibility index (Phi) is 3.48. The quantitative estimate of drug-likeness (QED) is 0.785. The summed E-state index contributed by atoms with van der Waals surface area (Å²) < 4.78 is 10.5. The summed E-state index contributed by atoms with van der Waals surface area (Å²) in [5.41, 5.74) is 0.791. The third kappa shape index (κ3) is 2.56. The highest BCUT2D eigenvalue weighted by atomic mass is 35.5. The van der Waals surface area contributed by atoms with Crippen LogP contribution in [-0.4, -0.2) is 12.1 Å². The number of pyridine rings is 1. The molecular weight excluding hydrogens is 276 g/mol. The normalized spacial score (nSPS) is 10.7. The fraction of sp³-hybridized carbons (Fsp3) is 0.133. The van der Waals surface area contributed by atoms with Crippen LogP contribution in [0.15, 0.2) is 47.1 Å². The Hall–Kier alpha value is -2.20. The van der Waals surface area contributed by atoms with Crippen molar-refractivity contribution in [3.63, 3.8) is 0 Å². The van der Waals surface area contributed by atoms with Gasteiger partial charge in [0.15, 0.2) is 0 Å². The number of anilines is 1. The molecule has 0 spiro atoms. The van der Waals surface area contributed by atoms with Crippen LogP contribution in [0.3, 0.4) is 0 Å². The van der Waals surface area contributed by atoms with Gasteiger partial charge in [-0.1, -0.05) is 11.6 Å². The van der Waals surface area contributed by atoms with E-state index in [1.165, 1.54) is 0 Å². The smallest absolute Gasteiger partial charge is 0.128 e. The number of benzene rings is 1. The maximum absolute atomic E-state index is 6.27. The van der Waals surface area contributed by atoms with Crippen LogP contribution >= 0.6 is 11.6 Å². The fourth-order valence-electron chi connectivity index (χ4n) is 1.97. The van der Waals surface area contributed by atoms with E-state index >= 15 is 0 Å². The number of fused-ring (bicyclic) bond motifs is 1. The molecule has 102 valence electrons. The van der Waals surface area contributed by atoms with Gasteiger partial charge in [-0.15, -0.1) is 0 Å². The highest BCUT2D eigenvalue weighted by molar-refractivity contribution is 6.35. The minimum Gasteiger partial charge on any atom is -0.497 e. The lowest BCUT2D eigenvalue weighted by molar-refractivity contribution is 0.415. The first-order chi connectivity index (χ1) is 9.76. The van der Waals surface area contributed by atoms with E-state index in [2.05, 4.69) is 10.3 Å². The van der Waals surface area contributed by atoms with E-state index in [0.29, 0.717) is 17.4 Å². The van der Waals surface area contributed by atoms with Crippen molar-refractivity contribution in [2.45, 2.75) is 6.54 Å². The van der Waals surface area contributed by atoms with Crippen molar-refractivity contribution in [2.75, 3.05) is 12.4 Å². The number of halogens is 1. The Morgan fingerprint density at radius 2 is 2.20 bits per heavy atom. The van der Waals surface area contributed by atoms with Gasteiger partial charge in [-0.2, -0.15) is 0 Å². The summed E-state index contributed by atoms with van der Waals surface area (Å²) in [5, 5.41) is 4.74. The summed E-state index contributed by atoms with van der Waals surface area (Å²) in [6.07, 6.45) is 1.64. The molecule has 3 aromatic rings. The number of ether oxygens (including phenoxy) is 1. The van der Waals surface area contributed by atoms with E-state index in [9.17, 15) is 0 Å². The molecule has 5 heteroatoms. The zero-order chi connectivity index (χ0) is 13.9. The van der Waals surface area contributed by atoms with Gasteiger partial charge in [-0.05, 0) is 30.3 Å².